The van der Waals surface area contributed by atoms with Gasteiger partial charge in [0.2, 0.25) is 11.8 Å². The third-order valence-corrected chi connectivity index (χ3v) is 3.48. The van der Waals surface area contributed by atoms with Gasteiger partial charge in [-0.05, 0) is 25.3 Å². The minimum absolute atomic E-state index is 0.0432. The number of carbonyl (C=O) groups excluding carboxylic acids is 2. The standard InChI is InChI=1S/C14H22N4O2/c19-13(15-8-12-18-11-4-7-16-18)5-3-10-17-9-2-1-6-14(17)20/h4,7,11H,1-3,5-6,8-10,12H2,(H,15,19). The van der Waals surface area contributed by atoms with Crippen molar-refractivity contribution >= 4 is 11.8 Å². The summed E-state index contributed by atoms with van der Waals surface area (Å²) in [6.07, 6.45) is 7.55. The van der Waals surface area contributed by atoms with E-state index >= 15 is 0 Å². The Bertz CT molecular complexity index is 430. The van der Waals surface area contributed by atoms with Gasteiger partial charge in [-0.3, -0.25) is 14.3 Å². The van der Waals surface area contributed by atoms with Gasteiger partial charge in [0.05, 0.1) is 6.54 Å². The fourth-order valence-electron chi connectivity index (χ4n) is 2.36. The number of nitrogens with one attached hydrogen (secondary N) is 1. The number of hydrogen-bond donors (Lipinski definition) is 1. The van der Waals surface area contributed by atoms with Crippen molar-refractivity contribution in [3.63, 3.8) is 0 Å². The van der Waals surface area contributed by atoms with Crippen molar-refractivity contribution in [3.8, 4) is 0 Å². The molecule has 2 heterocycles. The number of rotatable bonds is 7. The highest BCUT2D eigenvalue weighted by Crippen LogP contribution is 2.11. The van der Waals surface area contributed by atoms with E-state index in [0.717, 1.165) is 25.8 Å². The van der Waals surface area contributed by atoms with Crippen molar-refractivity contribution in [2.75, 3.05) is 19.6 Å². The Hall–Kier alpha value is -1.85. The Morgan fingerprint density at radius 3 is 3.00 bits per heavy atom. The van der Waals surface area contributed by atoms with Gasteiger partial charge in [0.25, 0.3) is 0 Å². The van der Waals surface area contributed by atoms with Crippen molar-refractivity contribution in [2.45, 2.75) is 38.6 Å². The van der Waals surface area contributed by atoms with Gasteiger partial charge < -0.3 is 10.2 Å². The van der Waals surface area contributed by atoms with Crippen molar-refractivity contribution < 1.29 is 9.59 Å². The first kappa shape index (κ1) is 14.6. The number of piperidine rings is 1. The number of amides is 2. The Labute approximate surface area is 119 Å². The highest BCUT2D eigenvalue weighted by Gasteiger charge is 2.17. The van der Waals surface area contributed by atoms with E-state index in [4.69, 9.17) is 0 Å². The first-order valence-electron chi connectivity index (χ1n) is 7.27. The molecule has 1 aliphatic rings. The van der Waals surface area contributed by atoms with Crippen LogP contribution in [0.15, 0.2) is 18.5 Å². The molecule has 0 aromatic carbocycles. The molecule has 6 nitrogen and oxygen atoms in total. The summed E-state index contributed by atoms with van der Waals surface area (Å²) < 4.78 is 1.78. The van der Waals surface area contributed by atoms with E-state index in [1.54, 1.807) is 10.9 Å². The molecule has 2 rings (SSSR count). The summed E-state index contributed by atoms with van der Waals surface area (Å²) in [5, 5.41) is 6.93. The second-order valence-electron chi connectivity index (χ2n) is 5.06. The predicted octanol–water partition coefficient (Wildman–Crippen LogP) is 0.792. The summed E-state index contributed by atoms with van der Waals surface area (Å²) in [6, 6.07) is 1.86. The largest absolute Gasteiger partial charge is 0.354 e. The van der Waals surface area contributed by atoms with Crippen LogP contribution in [-0.2, 0) is 16.1 Å². The molecule has 6 heteroatoms. The smallest absolute Gasteiger partial charge is 0.222 e. The molecule has 1 aliphatic heterocycles. The summed E-state index contributed by atoms with van der Waals surface area (Å²) >= 11 is 0. The molecule has 0 bridgehead atoms. The van der Waals surface area contributed by atoms with E-state index in [9.17, 15) is 9.59 Å². The number of nitrogens with zero attached hydrogens (tertiary/aromatic N) is 3. The van der Waals surface area contributed by atoms with Gasteiger partial charge in [0.1, 0.15) is 0 Å². The first-order chi connectivity index (χ1) is 9.75. The van der Waals surface area contributed by atoms with Crippen LogP contribution < -0.4 is 5.32 Å². The maximum Gasteiger partial charge on any atom is 0.222 e. The summed E-state index contributed by atoms with van der Waals surface area (Å²) in [5.74, 6) is 0.275. The molecular weight excluding hydrogens is 256 g/mol. The Balaban J connectivity index is 1.54. The highest BCUT2D eigenvalue weighted by atomic mass is 16.2. The zero-order chi connectivity index (χ0) is 14.2. The lowest BCUT2D eigenvalue weighted by Crippen LogP contribution is -2.36. The quantitative estimate of drug-likeness (QED) is 0.802. The summed E-state index contributed by atoms with van der Waals surface area (Å²) in [7, 11) is 0. The normalized spacial score (nSPS) is 15.4. The molecule has 0 unspecified atom stereocenters. The van der Waals surface area contributed by atoms with E-state index in [1.165, 1.54) is 0 Å². The summed E-state index contributed by atoms with van der Waals surface area (Å²) in [6.45, 7) is 2.82. The molecule has 2 amide bonds. The molecule has 0 saturated carbocycles. The lowest BCUT2D eigenvalue weighted by molar-refractivity contribution is -0.133. The van der Waals surface area contributed by atoms with E-state index in [0.29, 0.717) is 32.5 Å². The molecule has 1 fully saturated rings. The van der Waals surface area contributed by atoms with Crippen molar-refractivity contribution in [1.29, 1.82) is 0 Å². The average Bonchev–Trinajstić information content (AvgIpc) is 2.94. The number of aromatic nitrogens is 2. The SMILES string of the molecule is O=C(CCCN1CCCCC1=O)NCCn1cccn1. The van der Waals surface area contributed by atoms with Crippen LogP contribution in [0.25, 0.3) is 0 Å². The molecule has 110 valence electrons. The third kappa shape index (κ3) is 4.68. The topological polar surface area (TPSA) is 67.2 Å². The number of hydrogen-bond acceptors (Lipinski definition) is 3. The van der Waals surface area contributed by atoms with Crippen LogP contribution in [0.2, 0.25) is 0 Å². The average molecular weight is 278 g/mol. The maximum atomic E-state index is 11.7. The maximum absolute atomic E-state index is 11.7. The van der Waals surface area contributed by atoms with Gasteiger partial charge in [0, 0.05) is 44.9 Å². The second kappa shape index (κ2) is 7.67. The van der Waals surface area contributed by atoms with Crippen LogP contribution in [0, 0.1) is 0 Å². The van der Waals surface area contributed by atoms with Crippen LogP contribution in [0.1, 0.15) is 32.1 Å². The minimum Gasteiger partial charge on any atom is -0.354 e. The van der Waals surface area contributed by atoms with Crippen LogP contribution >= 0.6 is 0 Å². The molecule has 1 N–H and O–H groups in total. The van der Waals surface area contributed by atoms with Crippen LogP contribution in [0.4, 0.5) is 0 Å². The molecule has 0 aliphatic carbocycles. The molecule has 1 aromatic rings. The van der Waals surface area contributed by atoms with Crippen LogP contribution in [0.3, 0.4) is 0 Å². The zero-order valence-electron chi connectivity index (χ0n) is 11.8. The molecule has 1 aromatic heterocycles. The monoisotopic (exact) mass is 278 g/mol. The Morgan fingerprint density at radius 2 is 2.25 bits per heavy atom. The second-order valence-corrected chi connectivity index (χ2v) is 5.06. The Kier molecular flexibility index (Phi) is 5.58. The molecule has 0 spiro atoms. The van der Waals surface area contributed by atoms with E-state index in [1.807, 2.05) is 17.2 Å². The molecule has 1 saturated heterocycles. The van der Waals surface area contributed by atoms with Crippen molar-refractivity contribution in [2.24, 2.45) is 0 Å². The van der Waals surface area contributed by atoms with Crippen molar-refractivity contribution in [3.05, 3.63) is 18.5 Å². The predicted molar refractivity (Wildman–Crippen MR) is 74.9 cm³/mol. The molecule has 0 atom stereocenters. The van der Waals surface area contributed by atoms with Gasteiger partial charge >= 0.3 is 0 Å². The first-order valence-corrected chi connectivity index (χ1v) is 7.27. The van der Waals surface area contributed by atoms with Crippen LogP contribution in [0.5, 0.6) is 0 Å². The Morgan fingerprint density at radius 1 is 1.35 bits per heavy atom. The van der Waals surface area contributed by atoms with Gasteiger partial charge in [0.15, 0.2) is 0 Å². The fraction of sp³-hybridized carbons (Fsp3) is 0.643. The van der Waals surface area contributed by atoms with Gasteiger partial charge in [-0.1, -0.05) is 0 Å². The summed E-state index contributed by atoms with van der Waals surface area (Å²) in [5.41, 5.74) is 0. The lowest BCUT2D eigenvalue weighted by Gasteiger charge is -2.26. The van der Waals surface area contributed by atoms with Gasteiger partial charge in [-0.25, -0.2) is 0 Å². The van der Waals surface area contributed by atoms with Gasteiger partial charge in [-0.2, -0.15) is 5.10 Å². The lowest BCUT2D eigenvalue weighted by atomic mass is 10.1. The summed E-state index contributed by atoms with van der Waals surface area (Å²) in [4.78, 5) is 25.1. The zero-order valence-corrected chi connectivity index (χ0v) is 11.8. The number of likely N-dealkylation sites (tertiary alicyclic amines) is 1. The number of carbonyl (C=O) groups is 2. The fourth-order valence-corrected chi connectivity index (χ4v) is 2.36. The van der Waals surface area contributed by atoms with Crippen molar-refractivity contribution in [1.82, 2.24) is 20.0 Å². The van der Waals surface area contributed by atoms with E-state index in [-0.39, 0.29) is 11.8 Å². The molecule has 0 radical (unpaired) electrons. The minimum atomic E-state index is 0.0432. The van der Waals surface area contributed by atoms with E-state index in [2.05, 4.69) is 10.4 Å². The highest BCUT2D eigenvalue weighted by molar-refractivity contribution is 5.77. The van der Waals surface area contributed by atoms with Crippen LogP contribution in [-0.4, -0.2) is 46.1 Å². The third-order valence-electron chi connectivity index (χ3n) is 3.48. The molecule has 20 heavy (non-hydrogen) atoms. The van der Waals surface area contributed by atoms with Gasteiger partial charge in [-0.15, -0.1) is 0 Å². The molecular formula is C14H22N4O2. The van der Waals surface area contributed by atoms with E-state index < -0.39 is 0 Å².